The lowest BCUT2D eigenvalue weighted by Crippen LogP contribution is -2.36. The van der Waals surface area contributed by atoms with Crippen molar-refractivity contribution in [3.05, 3.63) is 0 Å². The van der Waals surface area contributed by atoms with E-state index < -0.39 is 17.9 Å². The Morgan fingerprint density at radius 3 is 2.73 bits per heavy atom. The first-order chi connectivity index (χ1) is 5.09. The van der Waals surface area contributed by atoms with E-state index in [2.05, 4.69) is 22.9 Å². The SMILES string of the molecule is O=C([O-])C[C@H]1NC(=S)NC1=O. The van der Waals surface area contributed by atoms with Gasteiger partial charge in [0.1, 0.15) is 6.04 Å². The summed E-state index contributed by atoms with van der Waals surface area (Å²) in [4.78, 5) is 20.8. The minimum absolute atomic E-state index is 0.168. The smallest absolute Gasteiger partial charge is 0.249 e. The number of hydrogen-bond acceptors (Lipinski definition) is 4. The Morgan fingerprint density at radius 2 is 2.36 bits per heavy atom. The van der Waals surface area contributed by atoms with Crippen molar-refractivity contribution in [1.29, 1.82) is 0 Å². The van der Waals surface area contributed by atoms with Gasteiger partial charge in [-0.1, -0.05) is 0 Å². The molecule has 0 spiro atoms. The molecule has 1 rings (SSSR count). The molecule has 0 aromatic rings. The standard InChI is InChI=1S/C5H6N2O3S/c8-3(9)1-2-4(10)7-5(11)6-2/h2H,1H2,(H,8,9)(H2,6,7,10,11)/p-1/t2-/m1/s1. The van der Waals surface area contributed by atoms with Crippen LogP contribution >= 0.6 is 12.2 Å². The van der Waals surface area contributed by atoms with Gasteiger partial charge in [0.25, 0.3) is 0 Å². The summed E-state index contributed by atoms with van der Waals surface area (Å²) in [5.74, 6) is -1.69. The molecular weight excluding hydrogens is 168 g/mol. The van der Waals surface area contributed by atoms with Crippen LogP contribution in [-0.2, 0) is 9.59 Å². The Bertz CT molecular complexity index is 228. The van der Waals surface area contributed by atoms with Gasteiger partial charge in [-0.25, -0.2) is 0 Å². The molecule has 0 radical (unpaired) electrons. The number of carboxylic acids is 1. The van der Waals surface area contributed by atoms with E-state index in [1.165, 1.54) is 0 Å². The van der Waals surface area contributed by atoms with Gasteiger partial charge in [-0.2, -0.15) is 0 Å². The molecule has 1 fully saturated rings. The maximum absolute atomic E-state index is 10.8. The fourth-order valence-electron chi connectivity index (χ4n) is 0.769. The topological polar surface area (TPSA) is 81.3 Å². The quantitative estimate of drug-likeness (QED) is 0.451. The summed E-state index contributed by atoms with van der Waals surface area (Å²) in [7, 11) is 0. The molecule has 1 saturated heterocycles. The molecule has 1 atom stereocenters. The highest BCUT2D eigenvalue weighted by Crippen LogP contribution is 1.96. The number of nitrogens with one attached hydrogen (secondary N) is 2. The van der Waals surface area contributed by atoms with Crippen molar-refractivity contribution in [2.75, 3.05) is 0 Å². The monoisotopic (exact) mass is 173 g/mol. The van der Waals surface area contributed by atoms with E-state index in [1.807, 2.05) is 0 Å². The van der Waals surface area contributed by atoms with Gasteiger partial charge in [0.15, 0.2) is 5.11 Å². The summed E-state index contributed by atoms with van der Waals surface area (Å²) in [6.07, 6.45) is -0.355. The predicted molar refractivity (Wildman–Crippen MR) is 37.3 cm³/mol. The molecule has 0 aliphatic carbocycles. The van der Waals surface area contributed by atoms with Crippen LogP contribution in [0.15, 0.2) is 0 Å². The average Bonchev–Trinajstić information content (AvgIpc) is 2.09. The van der Waals surface area contributed by atoms with E-state index in [1.54, 1.807) is 0 Å². The second-order valence-electron chi connectivity index (χ2n) is 2.09. The molecule has 1 aliphatic heterocycles. The third-order valence-corrected chi connectivity index (χ3v) is 1.45. The Kier molecular flexibility index (Phi) is 2.04. The summed E-state index contributed by atoms with van der Waals surface area (Å²) in [6.45, 7) is 0. The largest absolute Gasteiger partial charge is 0.550 e. The van der Waals surface area contributed by atoms with Crippen LogP contribution in [-0.4, -0.2) is 23.0 Å². The molecule has 2 N–H and O–H groups in total. The van der Waals surface area contributed by atoms with Gasteiger partial charge in [-0.3, -0.25) is 4.79 Å². The third-order valence-electron chi connectivity index (χ3n) is 1.23. The number of aliphatic carboxylic acids is 1. The zero-order valence-electron chi connectivity index (χ0n) is 5.42. The van der Waals surface area contributed by atoms with Crippen molar-refractivity contribution in [2.24, 2.45) is 0 Å². The summed E-state index contributed by atoms with van der Waals surface area (Å²) in [5, 5.41) is 14.9. The Balaban J connectivity index is 2.53. The average molecular weight is 173 g/mol. The van der Waals surface area contributed by atoms with Crippen LogP contribution in [0.4, 0.5) is 0 Å². The second-order valence-corrected chi connectivity index (χ2v) is 2.50. The molecule has 11 heavy (non-hydrogen) atoms. The predicted octanol–water partition coefficient (Wildman–Crippen LogP) is -2.50. The van der Waals surface area contributed by atoms with Gasteiger partial charge in [0, 0.05) is 12.4 Å². The van der Waals surface area contributed by atoms with Gasteiger partial charge >= 0.3 is 0 Å². The fourth-order valence-corrected chi connectivity index (χ4v) is 1.01. The number of hydrogen-bond donors (Lipinski definition) is 2. The Hall–Kier alpha value is -1.17. The molecule has 0 saturated carbocycles. The van der Waals surface area contributed by atoms with E-state index in [-0.39, 0.29) is 11.5 Å². The van der Waals surface area contributed by atoms with Gasteiger partial charge in [-0.15, -0.1) is 0 Å². The van der Waals surface area contributed by atoms with E-state index >= 15 is 0 Å². The van der Waals surface area contributed by atoms with Crippen molar-refractivity contribution in [3.8, 4) is 0 Å². The fraction of sp³-hybridized carbons (Fsp3) is 0.400. The van der Waals surface area contributed by atoms with Crippen LogP contribution in [0.3, 0.4) is 0 Å². The molecule has 0 bridgehead atoms. The van der Waals surface area contributed by atoms with Crippen LogP contribution < -0.4 is 15.7 Å². The zero-order chi connectivity index (χ0) is 8.43. The van der Waals surface area contributed by atoms with Gasteiger partial charge < -0.3 is 20.5 Å². The lowest BCUT2D eigenvalue weighted by Gasteiger charge is -2.06. The van der Waals surface area contributed by atoms with Crippen molar-refractivity contribution in [1.82, 2.24) is 10.6 Å². The number of rotatable bonds is 2. The minimum Gasteiger partial charge on any atom is -0.550 e. The summed E-state index contributed by atoms with van der Waals surface area (Å²) < 4.78 is 0. The van der Waals surface area contributed by atoms with Crippen molar-refractivity contribution in [2.45, 2.75) is 12.5 Å². The summed E-state index contributed by atoms with van der Waals surface area (Å²) >= 11 is 4.57. The molecule has 6 heteroatoms. The van der Waals surface area contributed by atoms with Gasteiger partial charge in [0.2, 0.25) is 5.91 Å². The van der Waals surface area contributed by atoms with Crippen molar-refractivity contribution < 1.29 is 14.7 Å². The normalized spacial score (nSPS) is 22.7. The number of carboxylic acid groups (broad SMARTS) is 1. The van der Waals surface area contributed by atoms with E-state index in [4.69, 9.17) is 0 Å². The zero-order valence-corrected chi connectivity index (χ0v) is 6.23. The first-order valence-corrected chi connectivity index (χ1v) is 3.31. The van der Waals surface area contributed by atoms with Crippen LogP contribution in [0, 0.1) is 0 Å². The van der Waals surface area contributed by atoms with Crippen LogP contribution in [0.25, 0.3) is 0 Å². The Labute approximate surface area is 67.8 Å². The number of thiocarbonyl (C=S) groups is 1. The molecule has 60 valence electrons. The molecule has 1 heterocycles. The number of carbonyl (C=O) groups excluding carboxylic acids is 2. The lowest BCUT2D eigenvalue weighted by atomic mass is 10.2. The highest BCUT2D eigenvalue weighted by atomic mass is 32.1. The number of amides is 1. The van der Waals surface area contributed by atoms with Crippen LogP contribution in [0.2, 0.25) is 0 Å². The van der Waals surface area contributed by atoms with Gasteiger partial charge in [-0.05, 0) is 12.2 Å². The van der Waals surface area contributed by atoms with E-state index in [0.717, 1.165) is 0 Å². The number of carbonyl (C=O) groups is 2. The maximum Gasteiger partial charge on any atom is 0.249 e. The second kappa shape index (κ2) is 2.83. The summed E-state index contributed by atoms with van der Waals surface area (Å²) in [6, 6.07) is -0.771. The first kappa shape index (κ1) is 7.93. The molecule has 5 nitrogen and oxygen atoms in total. The first-order valence-electron chi connectivity index (χ1n) is 2.91. The molecule has 0 unspecified atom stereocenters. The third kappa shape index (κ3) is 1.87. The molecular formula is C5H5N2O3S-. The highest BCUT2D eigenvalue weighted by molar-refractivity contribution is 7.80. The Morgan fingerprint density at radius 1 is 1.73 bits per heavy atom. The van der Waals surface area contributed by atoms with E-state index in [0.29, 0.717) is 0 Å². The van der Waals surface area contributed by atoms with Gasteiger partial charge in [0.05, 0.1) is 0 Å². The van der Waals surface area contributed by atoms with E-state index in [9.17, 15) is 14.7 Å². The molecule has 1 aliphatic rings. The minimum atomic E-state index is -1.28. The molecule has 1 amide bonds. The van der Waals surface area contributed by atoms with Crippen molar-refractivity contribution >= 4 is 29.2 Å². The highest BCUT2D eigenvalue weighted by Gasteiger charge is 2.26. The lowest BCUT2D eigenvalue weighted by molar-refractivity contribution is -0.306. The van der Waals surface area contributed by atoms with Crippen LogP contribution in [0.5, 0.6) is 0 Å². The molecule has 0 aromatic carbocycles. The van der Waals surface area contributed by atoms with Crippen molar-refractivity contribution in [3.63, 3.8) is 0 Å². The maximum atomic E-state index is 10.8. The van der Waals surface area contributed by atoms with Crippen LogP contribution in [0.1, 0.15) is 6.42 Å². The molecule has 0 aromatic heterocycles. The summed E-state index contributed by atoms with van der Waals surface area (Å²) in [5.41, 5.74) is 0.